The summed E-state index contributed by atoms with van der Waals surface area (Å²) in [6.45, 7) is 1.06. The molecule has 0 aliphatic carbocycles. The molecule has 164 valence electrons. The molecule has 9 heteroatoms. The zero-order valence-electron chi connectivity index (χ0n) is 17.4. The Morgan fingerprint density at radius 3 is 2.69 bits per heavy atom. The first-order valence-corrected chi connectivity index (χ1v) is 10.3. The van der Waals surface area contributed by atoms with E-state index in [0.717, 1.165) is 0 Å². The molecule has 1 fully saturated rings. The minimum absolute atomic E-state index is 0.202. The molecular formula is C23H22FN5O3. The van der Waals surface area contributed by atoms with Gasteiger partial charge in [0.1, 0.15) is 23.2 Å². The number of anilines is 2. The Labute approximate surface area is 184 Å². The van der Waals surface area contributed by atoms with E-state index in [2.05, 4.69) is 9.97 Å². The number of benzene rings is 1. The van der Waals surface area contributed by atoms with Crippen molar-refractivity contribution >= 4 is 17.5 Å². The SMILES string of the molecule is COc1cccc(F)c1-c1nccc2c1CN(c1cccc(N3CC(N)C(O)C3)n1)C2=O. The van der Waals surface area contributed by atoms with Crippen LogP contribution in [0, 0.1) is 5.82 Å². The smallest absolute Gasteiger partial charge is 0.260 e. The van der Waals surface area contributed by atoms with Gasteiger partial charge in [-0.25, -0.2) is 9.37 Å². The highest BCUT2D eigenvalue weighted by Gasteiger charge is 2.34. The van der Waals surface area contributed by atoms with E-state index in [1.54, 1.807) is 29.2 Å². The van der Waals surface area contributed by atoms with E-state index in [-0.39, 0.29) is 24.1 Å². The van der Waals surface area contributed by atoms with E-state index < -0.39 is 11.9 Å². The highest BCUT2D eigenvalue weighted by atomic mass is 19.1. The predicted octanol–water partition coefficient (Wildman–Crippen LogP) is 1.96. The number of halogens is 1. The van der Waals surface area contributed by atoms with E-state index in [0.29, 0.717) is 47.3 Å². The van der Waals surface area contributed by atoms with Crippen molar-refractivity contribution in [3.8, 4) is 17.0 Å². The third-order valence-corrected chi connectivity index (χ3v) is 5.93. The number of pyridine rings is 2. The zero-order valence-corrected chi connectivity index (χ0v) is 17.4. The summed E-state index contributed by atoms with van der Waals surface area (Å²) in [4.78, 5) is 25.7. The fraction of sp³-hybridized carbons (Fsp3) is 0.261. The van der Waals surface area contributed by atoms with E-state index in [1.165, 1.54) is 19.4 Å². The van der Waals surface area contributed by atoms with Crippen molar-refractivity contribution in [3.05, 3.63) is 65.6 Å². The van der Waals surface area contributed by atoms with Gasteiger partial charge in [-0.1, -0.05) is 12.1 Å². The van der Waals surface area contributed by atoms with Gasteiger partial charge in [0.15, 0.2) is 0 Å². The summed E-state index contributed by atoms with van der Waals surface area (Å²) < 4.78 is 20.1. The first kappa shape index (κ1) is 20.3. The number of aliphatic hydroxyl groups excluding tert-OH is 1. The van der Waals surface area contributed by atoms with Crippen molar-refractivity contribution in [2.24, 2.45) is 5.73 Å². The second kappa shape index (κ2) is 7.85. The second-order valence-corrected chi connectivity index (χ2v) is 7.88. The van der Waals surface area contributed by atoms with Gasteiger partial charge in [-0.15, -0.1) is 0 Å². The molecule has 2 aromatic heterocycles. The lowest BCUT2D eigenvalue weighted by Gasteiger charge is -2.20. The summed E-state index contributed by atoms with van der Waals surface area (Å²) in [6.07, 6.45) is 0.876. The van der Waals surface area contributed by atoms with Crippen LogP contribution in [0.15, 0.2) is 48.7 Å². The number of nitrogens with zero attached hydrogens (tertiary/aromatic N) is 4. The maximum absolute atomic E-state index is 14.7. The van der Waals surface area contributed by atoms with Crippen molar-refractivity contribution in [2.75, 3.05) is 30.0 Å². The number of hydrogen-bond donors (Lipinski definition) is 2. The second-order valence-electron chi connectivity index (χ2n) is 7.88. The molecule has 2 unspecified atom stereocenters. The molecule has 8 nitrogen and oxygen atoms in total. The van der Waals surface area contributed by atoms with Gasteiger partial charge in [-0.05, 0) is 30.3 Å². The van der Waals surface area contributed by atoms with Crippen LogP contribution in [0.2, 0.25) is 0 Å². The molecular weight excluding hydrogens is 413 g/mol. The number of nitrogens with two attached hydrogens (primary N) is 1. The molecule has 2 atom stereocenters. The molecule has 1 saturated heterocycles. The van der Waals surface area contributed by atoms with E-state index in [1.807, 2.05) is 17.0 Å². The van der Waals surface area contributed by atoms with Crippen LogP contribution in [0.1, 0.15) is 15.9 Å². The van der Waals surface area contributed by atoms with Crippen LogP contribution >= 0.6 is 0 Å². The van der Waals surface area contributed by atoms with E-state index in [9.17, 15) is 14.3 Å². The summed E-state index contributed by atoms with van der Waals surface area (Å²) in [6, 6.07) is 11.2. The van der Waals surface area contributed by atoms with Gasteiger partial charge in [0.05, 0.1) is 31.0 Å². The fourth-order valence-corrected chi connectivity index (χ4v) is 4.27. The van der Waals surface area contributed by atoms with Gasteiger partial charge in [0.2, 0.25) is 0 Å². The first-order chi connectivity index (χ1) is 15.5. The molecule has 1 amide bonds. The Morgan fingerprint density at radius 1 is 1.16 bits per heavy atom. The van der Waals surface area contributed by atoms with Crippen molar-refractivity contribution in [3.63, 3.8) is 0 Å². The summed E-state index contributed by atoms with van der Waals surface area (Å²) >= 11 is 0. The van der Waals surface area contributed by atoms with Gasteiger partial charge in [-0.2, -0.15) is 0 Å². The Hall–Kier alpha value is -3.56. The monoisotopic (exact) mass is 435 g/mol. The zero-order chi connectivity index (χ0) is 22.4. The van der Waals surface area contributed by atoms with Gasteiger partial charge in [0.25, 0.3) is 5.91 Å². The fourth-order valence-electron chi connectivity index (χ4n) is 4.27. The number of carbonyl (C=O) groups excluding carboxylic acids is 1. The summed E-state index contributed by atoms with van der Waals surface area (Å²) in [5.41, 5.74) is 7.59. The Morgan fingerprint density at radius 2 is 1.94 bits per heavy atom. The Bertz CT molecular complexity index is 1190. The van der Waals surface area contributed by atoms with Crippen molar-refractivity contribution < 1.29 is 19.0 Å². The molecule has 0 saturated carbocycles. The van der Waals surface area contributed by atoms with Gasteiger partial charge in [0, 0.05) is 36.5 Å². The number of amides is 1. The normalized spacial score (nSPS) is 20.1. The third-order valence-electron chi connectivity index (χ3n) is 5.93. The molecule has 4 heterocycles. The maximum atomic E-state index is 14.7. The van der Waals surface area contributed by atoms with Crippen LogP contribution in [0.3, 0.4) is 0 Å². The minimum Gasteiger partial charge on any atom is -0.496 e. The highest BCUT2D eigenvalue weighted by Crippen LogP contribution is 2.38. The van der Waals surface area contributed by atoms with Crippen LogP contribution in [0.25, 0.3) is 11.3 Å². The number of aliphatic hydroxyl groups is 1. The quantitative estimate of drug-likeness (QED) is 0.646. The lowest BCUT2D eigenvalue weighted by molar-refractivity contribution is 0.0996. The van der Waals surface area contributed by atoms with Crippen LogP contribution in [-0.2, 0) is 6.54 Å². The number of methoxy groups -OCH3 is 1. The highest BCUT2D eigenvalue weighted by molar-refractivity contribution is 6.10. The molecule has 2 aliphatic rings. The molecule has 0 spiro atoms. The molecule has 0 bridgehead atoms. The number of hydrogen-bond acceptors (Lipinski definition) is 7. The number of fused-ring (bicyclic) bond motifs is 1. The molecule has 5 rings (SSSR count). The largest absolute Gasteiger partial charge is 0.496 e. The average molecular weight is 435 g/mol. The number of rotatable bonds is 4. The average Bonchev–Trinajstić information content (AvgIpc) is 3.33. The number of β-amino-alcohol motifs (C(OH)–C–C–N with tert-alkyl or cyclic N) is 1. The molecule has 1 aromatic carbocycles. The topological polar surface area (TPSA) is 105 Å². The van der Waals surface area contributed by atoms with Crippen LogP contribution in [0.4, 0.5) is 16.0 Å². The lowest BCUT2D eigenvalue weighted by Crippen LogP contribution is -2.32. The summed E-state index contributed by atoms with van der Waals surface area (Å²) in [7, 11) is 1.47. The third kappa shape index (κ3) is 3.26. The predicted molar refractivity (Wildman–Crippen MR) is 117 cm³/mol. The van der Waals surface area contributed by atoms with Gasteiger partial charge in [-0.3, -0.25) is 14.7 Å². The number of carbonyl (C=O) groups is 1. The molecule has 3 aromatic rings. The Kier molecular flexibility index (Phi) is 4.99. The van der Waals surface area contributed by atoms with Crippen LogP contribution in [-0.4, -0.2) is 53.3 Å². The number of aromatic nitrogens is 2. The lowest BCUT2D eigenvalue weighted by atomic mass is 10.0. The molecule has 32 heavy (non-hydrogen) atoms. The van der Waals surface area contributed by atoms with Crippen molar-refractivity contribution in [1.29, 1.82) is 0 Å². The first-order valence-electron chi connectivity index (χ1n) is 10.3. The molecule has 2 aliphatic heterocycles. The molecule has 3 N–H and O–H groups in total. The van der Waals surface area contributed by atoms with Crippen LogP contribution in [0.5, 0.6) is 5.75 Å². The van der Waals surface area contributed by atoms with Gasteiger partial charge < -0.3 is 20.5 Å². The minimum atomic E-state index is -0.623. The van der Waals surface area contributed by atoms with Crippen LogP contribution < -0.4 is 20.3 Å². The van der Waals surface area contributed by atoms with Crippen molar-refractivity contribution in [1.82, 2.24) is 9.97 Å². The summed E-state index contributed by atoms with van der Waals surface area (Å²) in [5, 5.41) is 9.97. The van der Waals surface area contributed by atoms with E-state index in [4.69, 9.17) is 10.5 Å². The van der Waals surface area contributed by atoms with E-state index >= 15 is 0 Å². The van der Waals surface area contributed by atoms with Crippen molar-refractivity contribution in [2.45, 2.75) is 18.7 Å². The number of ether oxygens (including phenoxy) is 1. The molecule has 0 radical (unpaired) electrons. The standard InChI is InChI=1S/C23H22FN5O3/c1-32-18-5-2-4-15(24)21(18)22-14-10-29(23(31)13(14)8-9-26-22)20-7-3-6-19(27-20)28-11-16(25)17(30)12-28/h2-9,16-17,30H,10-12,25H2,1H3. The van der Waals surface area contributed by atoms with Gasteiger partial charge >= 0.3 is 0 Å². The Balaban J connectivity index is 1.52. The summed E-state index contributed by atoms with van der Waals surface area (Å²) in [5.74, 6) is 0.736. The maximum Gasteiger partial charge on any atom is 0.260 e.